The van der Waals surface area contributed by atoms with Gasteiger partial charge >= 0.3 is 0 Å². The summed E-state index contributed by atoms with van der Waals surface area (Å²) in [6, 6.07) is 16.1. The Morgan fingerprint density at radius 1 is 0.839 bits per heavy atom. The molecule has 1 fully saturated rings. The van der Waals surface area contributed by atoms with Crippen molar-refractivity contribution in [2.24, 2.45) is 0 Å². The van der Waals surface area contributed by atoms with Crippen LogP contribution in [0.3, 0.4) is 0 Å². The number of rotatable bonds is 8. The molecule has 1 saturated heterocycles. The van der Waals surface area contributed by atoms with Gasteiger partial charge in [-0.2, -0.15) is 0 Å². The van der Waals surface area contributed by atoms with Crippen LogP contribution in [0.5, 0.6) is 0 Å². The lowest BCUT2D eigenvalue weighted by Crippen LogP contribution is -2.55. The number of carbonyl (C=O) groups excluding carboxylic acids is 2. The van der Waals surface area contributed by atoms with Gasteiger partial charge < -0.3 is 10.6 Å². The Kier molecular flexibility index (Phi) is 8.20. The van der Waals surface area contributed by atoms with Gasteiger partial charge in [0.15, 0.2) is 0 Å². The standard InChI is InChI=1S/C25H34N4O2/c1-4-20-10-6-8-12-22(20)26-24(30)17-28-14-15-29(19(3)16-28)18-25(31)27-23-13-9-7-11-21(23)5-2/h6-13,19H,4-5,14-18H2,1-3H3,(H,26,30)(H,27,31). The van der Waals surface area contributed by atoms with Gasteiger partial charge in [-0.25, -0.2) is 0 Å². The first-order valence-corrected chi connectivity index (χ1v) is 11.2. The lowest BCUT2D eigenvalue weighted by molar-refractivity contribution is -0.120. The van der Waals surface area contributed by atoms with E-state index in [0.717, 1.165) is 55.0 Å². The van der Waals surface area contributed by atoms with Crippen molar-refractivity contribution in [1.29, 1.82) is 0 Å². The van der Waals surface area contributed by atoms with Crippen molar-refractivity contribution in [1.82, 2.24) is 9.80 Å². The van der Waals surface area contributed by atoms with Gasteiger partial charge in [0, 0.05) is 37.1 Å². The van der Waals surface area contributed by atoms with Crippen LogP contribution in [0.25, 0.3) is 0 Å². The lowest BCUT2D eigenvalue weighted by Gasteiger charge is -2.39. The smallest absolute Gasteiger partial charge is 0.238 e. The fourth-order valence-electron chi connectivity index (χ4n) is 4.12. The van der Waals surface area contributed by atoms with E-state index < -0.39 is 0 Å². The van der Waals surface area contributed by atoms with Crippen LogP contribution in [0.15, 0.2) is 48.5 Å². The summed E-state index contributed by atoms with van der Waals surface area (Å²) < 4.78 is 0. The molecule has 31 heavy (non-hydrogen) atoms. The van der Waals surface area contributed by atoms with Gasteiger partial charge in [0.25, 0.3) is 0 Å². The number of para-hydroxylation sites is 2. The fourth-order valence-corrected chi connectivity index (χ4v) is 4.12. The van der Waals surface area contributed by atoms with E-state index in [4.69, 9.17) is 0 Å². The number of piperazine rings is 1. The van der Waals surface area contributed by atoms with E-state index in [1.807, 2.05) is 48.5 Å². The minimum Gasteiger partial charge on any atom is -0.325 e. The Labute approximate surface area is 185 Å². The molecule has 2 amide bonds. The van der Waals surface area contributed by atoms with E-state index >= 15 is 0 Å². The highest BCUT2D eigenvalue weighted by Crippen LogP contribution is 2.17. The molecule has 2 N–H and O–H groups in total. The molecular formula is C25H34N4O2. The van der Waals surface area contributed by atoms with Crippen molar-refractivity contribution in [3.05, 3.63) is 59.7 Å². The lowest BCUT2D eigenvalue weighted by atomic mass is 10.1. The first kappa shape index (κ1) is 23.0. The molecule has 0 radical (unpaired) electrons. The van der Waals surface area contributed by atoms with E-state index in [1.165, 1.54) is 0 Å². The van der Waals surface area contributed by atoms with Crippen LogP contribution in [0.1, 0.15) is 31.9 Å². The summed E-state index contributed by atoms with van der Waals surface area (Å²) in [5.74, 6) is 0.0191. The van der Waals surface area contributed by atoms with Crippen LogP contribution >= 0.6 is 0 Å². The zero-order valence-corrected chi connectivity index (χ0v) is 18.9. The summed E-state index contributed by atoms with van der Waals surface area (Å²) in [6.07, 6.45) is 1.77. The van der Waals surface area contributed by atoms with Gasteiger partial charge in [0.1, 0.15) is 0 Å². The van der Waals surface area contributed by atoms with Gasteiger partial charge in [-0.1, -0.05) is 50.2 Å². The van der Waals surface area contributed by atoms with Gasteiger partial charge in [0.05, 0.1) is 13.1 Å². The maximum absolute atomic E-state index is 12.6. The minimum absolute atomic E-state index is 0.00937. The van der Waals surface area contributed by atoms with Crippen molar-refractivity contribution >= 4 is 23.2 Å². The Balaban J connectivity index is 1.47. The predicted molar refractivity (Wildman–Crippen MR) is 126 cm³/mol. The number of aryl methyl sites for hydroxylation is 2. The largest absolute Gasteiger partial charge is 0.325 e. The molecule has 2 aromatic carbocycles. The van der Waals surface area contributed by atoms with Crippen molar-refractivity contribution < 1.29 is 9.59 Å². The average Bonchev–Trinajstić information content (AvgIpc) is 2.76. The number of nitrogens with one attached hydrogen (secondary N) is 2. The van der Waals surface area contributed by atoms with Crippen molar-refractivity contribution in [3.63, 3.8) is 0 Å². The van der Waals surface area contributed by atoms with Crippen LogP contribution in [-0.2, 0) is 22.4 Å². The second-order valence-electron chi connectivity index (χ2n) is 8.17. The highest BCUT2D eigenvalue weighted by molar-refractivity contribution is 5.93. The minimum atomic E-state index is 0.00937. The Morgan fingerprint density at radius 3 is 1.87 bits per heavy atom. The van der Waals surface area contributed by atoms with Crippen LogP contribution in [0.2, 0.25) is 0 Å². The van der Waals surface area contributed by atoms with Crippen LogP contribution in [0, 0.1) is 0 Å². The Bertz CT molecular complexity index is 899. The topological polar surface area (TPSA) is 64.7 Å². The molecule has 1 aliphatic heterocycles. The molecule has 6 nitrogen and oxygen atoms in total. The zero-order valence-electron chi connectivity index (χ0n) is 18.9. The molecule has 0 bridgehead atoms. The predicted octanol–water partition coefficient (Wildman–Crippen LogP) is 3.39. The third-order valence-electron chi connectivity index (χ3n) is 5.91. The molecular weight excluding hydrogens is 388 g/mol. The molecule has 166 valence electrons. The molecule has 2 aromatic rings. The number of nitrogens with zero attached hydrogens (tertiary/aromatic N) is 2. The molecule has 3 rings (SSSR count). The van der Waals surface area contributed by atoms with E-state index in [0.29, 0.717) is 13.1 Å². The monoisotopic (exact) mass is 422 g/mol. The highest BCUT2D eigenvalue weighted by atomic mass is 16.2. The van der Waals surface area contributed by atoms with Gasteiger partial charge in [-0.05, 0) is 43.0 Å². The van der Waals surface area contributed by atoms with Crippen LogP contribution in [0.4, 0.5) is 11.4 Å². The van der Waals surface area contributed by atoms with Crippen molar-refractivity contribution in [2.45, 2.75) is 39.7 Å². The molecule has 1 heterocycles. The molecule has 0 spiro atoms. The summed E-state index contributed by atoms with van der Waals surface area (Å²) in [6.45, 7) is 9.32. The average molecular weight is 423 g/mol. The third-order valence-corrected chi connectivity index (χ3v) is 5.91. The maximum Gasteiger partial charge on any atom is 0.238 e. The normalized spacial score (nSPS) is 17.3. The van der Waals surface area contributed by atoms with Gasteiger partial charge in [-0.15, -0.1) is 0 Å². The van der Waals surface area contributed by atoms with E-state index in [9.17, 15) is 9.59 Å². The number of benzene rings is 2. The molecule has 1 unspecified atom stereocenters. The summed E-state index contributed by atoms with van der Waals surface area (Å²) >= 11 is 0. The molecule has 1 atom stereocenters. The van der Waals surface area contributed by atoms with E-state index in [2.05, 4.69) is 41.2 Å². The fraction of sp³-hybridized carbons (Fsp3) is 0.440. The first-order chi connectivity index (χ1) is 15.0. The SMILES string of the molecule is CCc1ccccc1NC(=O)CN1CCN(CC(=O)Nc2ccccc2CC)C(C)C1. The van der Waals surface area contributed by atoms with Crippen molar-refractivity contribution in [3.8, 4) is 0 Å². The quantitative estimate of drug-likeness (QED) is 0.684. The molecule has 0 aromatic heterocycles. The van der Waals surface area contributed by atoms with E-state index in [-0.39, 0.29) is 17.9 Å². The van der Waals surface area contributed by atoms with Gasteiger partial charge in [0.2, 0.25) is 11.8 Å². The van der Waals surface area contributed by atoms with Crippen LogP contribution < -0.4 is 10.6 Å². The van der Waals surface area contributed by atoms with E-state index in [1.54, 1.807) is 0 Å². The summed E-state index contributed by atoms with van der Waals surface area (Å²) in [5.41, 5.74) is 4.07. The van der Waals surface area contributed by atoms with Gasteiger partial charge in [-0.3, -0.25) is 19.4 Å². The second kappa shape index (κ2) is 11.1. The number of carbonyl (C=O) groups is 2. The summed E-state index contributed by atoms with van der Waals surface area (Å²) in [7, 11) is 0. The zero-order chi connectivity index (χ0) is 22.2. The van der Waals surface area contributed by atoms with Crippen molar-refractivity contribution in [2.75, 3.05) is 43.4 Å². The molecule has 6 heteroatoms. The first-order valence-electron chi connectivity index (χ1n) is 11.2. The number of hydrogen-bond acceptors (Lipinski definition) is 4. The highest BCUT2D eigenvalue weighted by Gasteiger charge is 2.26. The molecule has 0 aliphatic carbocycles. The van der Waals surface area contributed by atoms with Crippen LogP contribution in [-0.4, -0.2) is 60.4 Å². The number of anilines is 2. The maximum atomic E-state index is 12.6. The number of hydrogen-bond donors (Lipinski definition) is 2. The number of amides is 2. The summed E-state index contributed by atoms with van der Waals surface area (Å²) in [5, 5.41) is 6.10. The Hall–Kier alpha value is -2.70. The molecule has 1 aliphatic rings. The third kappa shape index (κ3) is 6.39. The second-order valence-corrected chi connectivity index (χ2v) is 8.17. The Morgan fingerprint density at radius 2 is 1.35 bits per heavy atom. The molecule has 0 saturated carbocycles. The summed E-state index contributed by atoms with van der Waals surface area (Å²) in [4.78, 5) is 29.5.